The van der Waals surface area contributed by atoms with Crippen molar-refractivity contribution < 1.29 is 4.79 Å². The molecule has 0 saturated carbocycles. The predicted octanol–water partition coefficient (Wildman–Crippen LogP) is 2.40. The first-order valence-corrected chi connectivity index (χ1v) is 7.42. The van der Waals surface area contributed by atoms with Crippen molar-refractivity contribution in [3.05, 3.63) is 32.8 Å². The fourth-order valence-electron chi connectivity index (χ4n) is 2.05. The summed E-state index contributed by atoms with van der Waals surface area (Å²) in [6.07, 6.45) is 0. The fourth-order valence-corrected chi connectivity index (χ4v) is 3.04. The zero-order valence-electron chi connectivity index (χ0n) is 12.3. The van der Waals surface area contributed by atoms with Gasteiger partial charge in [0.15, 0.2) is 0 Å². The third-order valence-electron chi connectivity index (χ3n) is 3.33. The lowest BCUT2D eigenvalue weighted by Gasteiger charge is -2.06. The van der Waals surface area contributed by atoms with E-state index in [-0.39, 0.29) is 5.91 Å². The maximum atomic E-state index is 12.3. The minimum Gasteiger partial charge on any atom is -0.395 e. The van der Waals surface area contributed by atoms with E-state index in [0.29, 0.717) is 30.2 Å². The molecule has 0 unspecified atom stereocenters. The third kappa shape index (κ3) is 2.70. The van der Waals surface area contributed by atoms with Crippen LogP contribution >= 0.6 is 11.3 Å². The van der Waals surface area contributed by atoms with Gasteiger partial charge in [-0.25, -0.2) is 0 Å². The molecule has 0 saturated heterocycles. The van der Waals surface area contributed by atoms with Crippen LogP contribution in [0, 0.1) is 20.8 Å². The fraction of sp³-hybridized carbons (Fsp3) is 0.429. The minimum atomic E-state index is -0.173. The Labute approximate surface area is 122 Å². The molecule has 3 N–H and O–H groups in total. The number of hydrogen-bond donors (Lipinski definition) is 2. The summed E-state index contributed by atoms with van der Waals surface area (Å²) in [5.41, 5.74) is 8.80. The van der Waals surface area contributed by atoms with Gasteiger partial charge in [0.25, 0.3) is 5.91 Å². The molecule has 6 heteroatoms. The van der Waals surface area contributed by atoms with Gasteiger partial charge in [-0.1, -0.05) is 0 Å². The van der Waals surface area contributed by atoms with Gasteiger partial charge in [-0.2, -0.15) is 5.10 Å². The third-order valence-corrected chi connectivity index (χ3v) is 4.48. The van der Waals surface area contributed by atoms with Gasteiger partial charge in [0.1, 0.15) is 5.69 Å². The van der Waals surface area contributed by atoms with Crippen molar-refractivity contribution in [1.82, 2.24) is 15.1 Å². The van der Waals surface area contributed by atoms with Crippen LogP contribution in [-0.2, 0) is 13.1 Å². The van der Waals surface area contributed by atoms with Crippen LogP contribution in [0.15, 0.2) is 6.07 Å². The van der Waals surface area contributed by atoms with E-state index in [1.54, 1.807) is 16.0 Å². The van der Waals surface area contributed by atoms with Gasteiger partial charge in [-0.3, -0.25) is 9.48 Å². The summed E-state index contributed by atoms with van der Waals surface area (Å²) in [5.74, 6) is -0.173. The Hall–Kier alpha value is -1.82. The number of aryl methyl sites for hydroxylation is 4. The summed E-state index contributed by atoms with van der Waals surface area (Å²) >= 11 is 1.70. The van der Waals surface area contributed by atoms with Crippen LogP contribution < -0.4 is 11.1 Å². The zero-order chi connectivity index (χ0) is 14.9. The first kappa shape index (κ1) is 14.6. The molecule has 0 atom stereocenters. The molecule has 0 aliphatic heterocycles. The van der Waals surface area contributed by atoms with Crippen molar-refractivity contribution in [2.75, 3.05) is 5.73 Å². The van der Waals surface area contributed by atoms with E-state index in [2.05, 4.69) is 30.3 Å². The summed E-state index contributed by atoms with van der Waals surface area (Å²) in [4.78, 5) is 14.7. The van der Waals surface area contributed by atoms with Crippen LogP contribution in [0.1, 0.15) is 38.4 Å². The average molecular weight is 292 g/mol. The molecule has 0 aliphatic rings. The normalized spacial score (nSPS) is 10.8. The smallest absolute Gasteiger partial charge is 0.272 e. The van der Waals surface area contributed by atoms with Crippen molar-refractivity contribution in [2.24, 2.45) is 0 Å². The highest BCUT2D eigenvalue weighted by Crippen LogP contribution is 2.21. The van der Waals surface area contributed by atoms with E-state index in [1.165, 1.54) is 10.4 Å². The summed E-state index contributed by atoms with van der Waals surface area (Å²) in [7, 11) is 0. The molecular weight excluding hydrogens is 272 g/mol. The highest BCUT2D eigenvalue weighted by Gasteiger charge is 2.18. The number of aromatic nitrogens is 2. The second kappa shape index (κ2) is 5.66. The molecule has 0 radical (unpaired) electrons. The van der Waals surface area contributed by atoms with Gasteiger partial charge in [0.2, 0.25) is 0 Å². The lowest BCUT2D eigenvalue weighted by molar-refractivity contribution is 0.0941. The van der Waals surface area contributed by atoms with E-state index < -0.39 is 0 Å². The lowest BCUT2D eigenvalue weighted by Crippen LogP contribution is -2.26. The average Bonchev–Trinajstić information content (AvgIpc) is 2.88. The SMILES string of the molecule is CCn1nc(C)c(N)c1C(=O)NCc1cc(C)c(C)s1. The molecule has 5 nitrogen and oxygen atoms in total. The number of amides is 1. The van der Waals surface area contributed by atoms with E-state index in [1.807, 2.05) is 13.8 Å². The van der Waals surface area contributed by atoms with Gasteiger partial charge in [-0.15, -0.1) is 11.3 Å². The molecule has 0 spiro atoms. The van der Waals surface area contributed by atoms with E-state index in [9.17, 15) is 4.79 Å². The second-order valence-corrected chi connectivity index (χ2v) is 6.14. The highest BCUT2D eigenvalue weighted by atomic mass is 32.1. The standard InChI is InChI=1S/C14H20N4OS/c1-5-18-13(12(15)9(3)17-18)14(19)16-7-11-6-8(2)10(4)20-11/h6H,5,7,15H2,1-4H3,(H,16,19). The van der Waals surface area contributed by atoms with Crippen molar-refractivity contribution in [1.29, 1.82) is 0 Å². The lowest BCUT2D eigenvalue weighted by atomic mass is 10.2. The number of anilines is 1. The molecule has 0 aromatic carbocycles. The van der Waals surface area contributed by atoms with Gasteiger partial charge in [-0.05, 0) is 39.3 Å². The van der Waals surface area contributed by atoms with Gasteiger partial charge >= 0.3 is 0 Å². The predicted molar refractivity (Wildman–Crippen MR) is 82.0 cm³/mol. The molecule has 2 aromatic rings. The van der Waals surface area contributed by atoms with Crippen molar-refractivity contribution >= 4 is 22.9 Å². The Morgan fingerprint density at radius 3 is 2.70 bits per heavy atom. The number of hydrogen-bond acceptors (Lipinski definition) is 4. The number of nitrogen functional groups attached to an aromatic ring is 1. The van der Waals surface area contributed by atoms with Crippen LogP contribution in [0.4, 0.5) is 5.69 Å². The number of nitrogens with one attached hydrogen (secondary N) is 1. The largest absolute Gasteiger partial charge is 0.395 e. The van der Waals surface area contributed by atoms with Gasteiger partial charge < -0.3 is 11.1 Å². The molecular formula is C14H20N4OS. The quantitative estimate of drug-likeness (QED) is 0.909. The number of carbonyl (C=O) groups excluding carboxylic acids is 1. The molecule has 2 aromatic heterocycles. The second-order valence-electron chi connectivity index (χ2n) is 4.80. The van der Waals surface area contributed by atoms with E-state index in [4.69, 9.17) is 5.73 Å². The first-order valence-electron chi connectivity index (χ1n) is 6.61. The maximum absolute atomic E-state index is 12.3. The number of nitrogens with zero attached hydrogens (tertiary/aromatic N) is 2. The Kier molecular flexibility index (Phi) is 4.13. The van der Waals surface area contributed by atoms with Crippen LogP contribution in [0.25, 0.3) is 0 Å². The number of rotatable bonds is 4. The Balaban J connectivity index is 2.12. The van der Waals surface area contributed by atoms with Crippen molar-refractivity contribution in [3.63, 3.8) is 0 Å². The maximum Gasteiger partial charge on any atom is 0.272 e. The molecule has 20 heavy (non-hydrogen) atoms. The molecule has 0 fully saturated rings. The molecule has 0 aliphatic carbocycles. The summed E-state index contributed by atoms with van der Waals surface area (Å²) in [6, 6.07) is 2.10. The van der Waals surface area contributed by atoms with E-state index >= 15 is 0 Å². The number of nitrogens with two attached hydrogens (primary N) is 1. The molecule has 2 rings (SSSR count). The molecule has 2 heterocycles. The monoisotopic (exact) mass is 292 g/mol. The first-order chi connectivity index (χ1) is 9.43. The van der Waals surface area contributed by atoms with Gasteiger partial charge in [0, 0.05) is 16.3 Å². The van der Waals surface area contributed by atoms with Crippen LogP contribution in [-0.4, -0.2) is 15.7 Å². The summed E-state index contributed by atoms with van der Waals surface area (Å²) in [6.45, 7) is 9.05. The Bertz CT molecular complexity index is 622. The number of carbonyl (C=O) groups is 1. The zero-order valence-corrected chi connectivity index (χ0v) is 13.1. The summed E-state index contributed by atoms with van der Waals surface area (Å²) < 4.78 is 1.64. The van der Waals surface area contributed by atoms with Gasteiger partial charge in [0.05, 0.1) is 17.9 Å². The van der Waals surface area contributed by atoms with Crippen LogP contribution in [0.3, 0.4) is 0 Å². The van der Waals surface area contributed by atoms with Crippen molar-refractivity contribution in [2.45, 2.75) is 40.8 Å². The Morgan fingerprint density at radius 2 is 2.15 bits per heavy atom. The molecule has 108 valence electrons. The van der Waals surface area contributed by atoms with Crippen molar-refractivity contribution in [3.8, 4) is 0 Å². The molecule has 1 amide bonds. The molecule has 0 bridgehead atoms. The number of thiophene rings is 1. The van der Waals surface area contributed by atoms with Crippen LogP contribution in [0.2, 0.25) is 0 Å². The minimum absolute atomic E-state index is 0.173. The van der Waals surface area contributed by atoms with Crippen LogP contribution in [0.5, 0.6) is 0 Å². The topological polar surface area (TPSA) is 72.9 Å². The summed E-state index contributed by atoms with van der Waals surface area (Å²) in [5, 5.41) is 7.17. The van der Waals surface area contributed by atoms with E-state index in [0.717, 1.165) is 4.88 Å². The Morgan fingerprint density at radius 1 is 1.45 bits per heavy atom. The highest BCUT2D eigenvalue weighted by molar-refractivity contribution is 7.12.